The molecule has 0 spiro atoms. The summed E-state index contributed by atoms with van der Waals surface area (Å²) in [6, 6.07) is 6.41. The summed E-state index contributed by atoms with van der Waals surface area (Å²) >= 11 is 0. The van der Waals surface area contributed by atoms with E-state index in [0.29, 0.717) is 26.1 Å². The molecule has 1 aromatic carbocycles. The molecule has 1 amide bonds. The minimum Gasteiger partial charge on any atom is -0.356 e. The van der Waals surface area contributed by atoms with Gasteiger partial charge in [-0.25, -0.2) is 4.39 Å². The predicted octanol–water partition coefficient (Wildman–Crippen LogP) is 1.11. The Morgan fingerprint density at radius 3 is 2.84 bits per heavy atom. The van der Waals surface area contributed by atoms with E-state index in [-0.39, 0.29) is 17.8 Å². The summed E-state index contributed by atoms with van der Waals surface area (Å²) < 4.78 is 13.1. The zero-order valence-electron chi connectivity index (χ0n) is 11.5. The van der Waals surface area contributed by atoms with Crippen LogP contribution in [0, 0.1) is 5.82 Å². The second-order valence-electron chi connectivity index (χ2n) is 4.59. The zero-order chi connectivity index (χ0) is 14.3. The van der Waals surface area contributed by atoms with Crippen molar-refractivity contribution in [2.24, 2.45) is 5.73 Å². The lowest BCUT2D eigenvalue weighted by atomic mass is 10.1. The van der Waals surface area contributed by atoms with Crippen molar-refractivity contribution in [2.45, 2.75) is 25.9 Å². The number of likely N-dealkylation sites (N-methyl/N-ethyl adjacent to an activating group) is 1. The van der Waals surface area contributed by atoms with Crippen molar-refractivity contribution < 1.29 is 9.18 Å². The lowest BCUT2D eigenvalue weighted by Gasteiger charge is -2.26. The predicted molar refractivity (Wildman–Crippen MR) is 74.0 cm³/mol. The van der Waals surface area contributed by atoms with Crippen LogP contribution in [-0.4, -0.2) is 37.0 Å². The summed E-state index contributed by atoms with van der Waals surface area (Å²) in [5, 5.41) is 2.76. The molecule has 0 aliphatic rings. The Labute approximate surface area is 113 Å². The van der Waals surface area contributed by atoms with E-state index in [0.717, 1.165) is 5.56 Å². The molecular formula is C14H22FN3O. The van der Waals surface area contributed by atoms with E-state index in [4.69, 9.17) is 5.73 Å². The Morgan fingerprint density at radius 2 is 2.26 bits per heavy atom. The number of hydrogen-bond acceptors (Lipinski definition) is 3. The van der Waals surface area contributed by atoms with E-state index in [1.54, 1.807) is 6.07 Å². The molecule has 1 unspecified atom stereocenters. The number of benzene rings is 1. The van der Waals surface area contributed by atoms with Gasteiger partial charge in [0.05, 0.1) is 0 Å². The number of halogens is 1. The molecule has 0 aliphatic carbocycles. The largest absolute Gasteiger partial charge is 0.356 e. The Morgan fingerprint density at radius 1 is 1.53 bits per heavy atom. The molecule has 0 bridgehead atoms. The standard InChI is InChI=1S/C14H22FN3O/c1-3-17-14(19)8-13(9-16)18(2)10-11-5-4-6-12(15)7-11/h4-7,13H,3,8-10,16H2,1-2H3,(H,17,19). The molecule has 106 valence electrons. The number of hydrogen-bond donors (Lipinski definition) is 2. The van der Waals surface area contributed by atoms with Crippen LogP contribution in [0.15, 0.2) is 24.3 Å². The molecule has 5 heteroatoms. The SMILES string of the molecule is CCNC(=O)CC(CN)N(C)Cc1cccc(F)c1. The van der Waals surface area contributed by atoms with Gasteiger partial charge in [0.15, 0.2) is 0 Å². The lowest BCUT2D eigenvalue weighted by molar-refractivity contribution is -0.122. The van der Waals surface area contributed by atoms with Crippen LogP contribution in [0.4, 0.5) is 4.39 Å². The second kappa shape index (κ2) is 7.86. The maximum Gasteiger partial charge on any atom is 0.221 e. The van der Waals surface area contributed by atoms with E-state index >= 15 is 0 Å². The van der Waals surface area contributed by atoms with Crippen molar-refractivity contribution in [3.05, 3.63) is 35.6 Å². The average Bonchev–Trinajstić information content (AvgIpc) is 2.36. The molecule has 0 radical (unpaired) electrons. The first kappa shape index (κ1) is 15.6. The van der Waals surface area contributed by atoms with Gasteiger partial charge < -0.3 is 11.1 Å². The molecular weight excluding hydrogens is 245 g/mol. The Bertz CT molecular complexity index is 411. The fourth-order valence-electron chi connectivity index (χ4n) is 1.95. The first-order valence-electron chi connectivity index (χ1n) is 6.48. The van der Waals surface area contributed by atoms with Crippen LogP contribution in [0.25, 0.3) is 0 Å². The normalized spacial score (nSPS) is 12.5. The molecule has 1 rings (SSSR count). The quantitative estimate of drug-likeness (QED) is 0.778. The first-order valence-corrected chi connectivity index (χ1v) is 6.48. The first-order chi connectivity index (χ1) is 9.06. The molecule has 19 heavy (non-hydrogen) atoms. The van der Waals surface area contributed by atoms with Gasteiger partial charge >= 0.3 is 0 Å². The maximum absolute atomic E-state index is 13.1. The van der Waals surface area contributed by atoms with E-state index in [1.807, 2.05) is 24.9 Å². The van der Waals surface area contributed by atoms with Gasteiger partial charge in [0.2, 0.25) is 5.91 Å². The van der Waals surface area contributed by atoms with Gasteiger partial charge in [0.1, 0.15) is 5.82 Å². The van der Waals surface area contributed by atoms with Gasteiger partial charge in [-0.15, -0.1) is 0 Å². The molecule has 0 saturated carbocycles. The van der Waals surface area contributed by atoms with Gasteiger partial charge in [-0.2, -0.15) is 0 Å². The van der Waals surface area contributed by atoms with Crippen LogP contribution in [0.3, 0.4) is 0 Å². The van der Waals surface area contributed by atoms with Gasteiger partial charge in [0.25, 0.3) is 0 Å². The van der Waals surface area contributed by atoms with E-state index < -0.39 is 0 Å². The Kier molecular flexibility index (Phi) is 6.45. The summed E-state index contributed by atoms with van der Waals surface area (Å²) in [4.78, 5) is 13.5. The third-order valence-electron chi connectivity index (χ3n) is 3.01. The summed E-state index contributed by atoms with van der Waals surface area (Å²) in [5.41, 5.74) is 6.58. The minimum absolute atomic E-state index is 0.0101. The second-order valence-corrected chi connectivity index (χ2v) is 4.59. The Hall–Kier alpha value is -1.46. The van der Waals surface area contributed by atoms with Gasteiger partial charge in [-0.1, -0.05) is 12.1 Å². The number of carbonyl (C=O) groups excluding carboxylic acids is 1. The van der Waals surface area contributed by atoms with E-state index in [2.05, 4.69) is 5.32 Å². The molecule has 0 heterocycles. The van der Waals surface area contributed by atoms with Crippen LogP contribution in [0.2, 0.25) is 0 Å². The third kappa shape index (κ3) is 5.36. The van der Waals surface area contributed by atoms with Crippen LogP contribution in [-0.2, 0) is 11.3 Å². The third-order valence-corrected chi connectivity index (χ3v) is 3.01. The summed E-state index contributed by atoms with van der Waals surface area (Å²) in [7, 11) is 1.89. The molecule has 1 atom stereocenters. The molecule has 3 N–H and O–H groups in total. The zero-order valence-corrected chi connectivity index (χ0v) is 11.5. The van der Waals surface area contributed by atoms with Crippen LogP contribution in [0.5, 0.6) is 0 Å². The van der Waals surface area contributed by atoms with E-state index in [9.17, 15) is 9.18 Å². The Balaban J connectivity index is 2.58. The topological polar surface area (TPSA) is 58.4 Å². The van der Waals surface area contributed by atoms with Crippen molar-refractivity contribution in [3.8, 4) is 0 Å². The van der Waals surface area contributed by atoms with Gasteiger partial charge in [0, 0.05) is 32.1 Å². The fourth-order valence-corrected chi connectivity index (χ4v) is 1.95. The van der Waals surface area contributed by atoms with Crippen molar-refractivity contribution in [3.63, 3.8) is 0 Å². The fraction of sp³-hybridized carbons (Fsp3) is 0.500. The van der Waals surface area contributed by atoms with Crippen LogP contribution < -0.4 is 11.1 Å². The van der Waals surface area contributed by atoms with E-state index in [1.165, 1.54) is 12.1 Å². The smallest absolute Gasteiger partial charge is 0.221 e. The number of amides is 1. The van der Waals surface area contributed by atoms with Crippen LogP contribution >= 0.6 is 0 Å². The molecule has 1 aromatic rings. The number of nitrogens with zero attached hydrogens (tertiary/aromatic N) is 1. The maximum atomic E-state index is 13.1. The molecule has 0 saturated heterocycles. The summed E-state index contributed by atoms with van der Waals surface area (Å²) in [6.07, 6.45) is 0.357. The van der Waals surface area contributed by atoms with Crippen molar-refractivity contribution in [2.75, 3.05) is 20.1 Å². The highest BCUT2D eigenvalue weighted by molar-refractivity contribution is 5.76. The summed E-state index contributed by atoms with van der Waals surface area (Å²) in [5.74, 6) is -0.261. The van der Waals surface area contributed by atoms with Crippen LogP contribution in [0.1, 0.15) is 18.9 Å². The van der Waals surface area contributed by atoms with Crippen molar-refractivity contribution in [1.82, 2.24) is 10.2 Å². The van der Waals surface area contributed by atoms with Gasteiger partial charge in [-0.3, -0.25) is 9.69 Å². The highest BCUT2D eigenvalue weighted by atomic mass is 19.1. The van der Waals surface area contributed by atoms with Crippen molar-refractivity contribution >= 4 is 5.91 Å². The summed E-state index contributed by atoms with van der Waals surface area (Å²) in [6.45, 7) is 3.46. The number of nitrogens with two attached hydrogens (primary N) is 1. The molecule has 0 aromatic heterocycles. The molecule has 0 fully saturated rings. The molecule has 4 nitrogen and oxygen atoms in total. The monoisotopic (exact) mass is 267 g/mol. The number of carbonyl (C=O) groups is 1. The van der Waals surface area contributed by atoms with Gasteiger partial charge in [-0.05, 0) is 31.7 Å². The lowest BCUT2D eigenvalue weighted by Crippen LogP contribution is -2.41. The number of rotatable bonds is 7. The molecule has 0 aliphatic heterocycles. The highest BCUT2D eigenvalue weighted by Crippen LogP contribution is 2.10. The minimum atomic E-state index is -0.251. The average molecular weight is 267 g/mol. The number of nitrogens with one attached hydrogen (secondary N) is 1. The van der Waals surface area contributed by atoms with Crippen molar-refractivity contribution in [1.29, 1.82) is 0 Å². The highest BCUT2D eigenvalue weighted by Gasteiger charge is 2.17.